The molecule has 1 fully saturated rings. The number of nitrogens with one attached hydrogen (secondary N) is 2. The van der Waals surface area contributed by atoms with E-state index in [0.717, 1.165) is 4.47 Å². The lowest BCUT2D eigenvalue weighted by molar-refractivity contribution is -0.137. The Labute approximate surface area is 169 Å². The lowest BCUT2D eigenvalue weighted by atomic mass is 9.95. The number of piperidine rings is 1. The molecule has 0 saturated carbocycles. The van der Waals surface area contributed by atoms with Crippen LogP contribution in [-0.2, 0) is 9.59 Å². The summed E-state index contributed by atoms with van der Waals surface area (Å²) >= 11 is 3.31. The summed E-state index contributed by atoms with van der Waals surface area (Å²) in [6.45, 7) is 3.88. The van der Waals surface area contributed by atoms with Gasteiger partial charge in [0.05, 0.1) is 0 Å². The Morgan fingerprint density at radius 1 is 1.32 bits per heavy atom. The van der Waals surface area contributed by atoms with Crippen LogP contribution < -0.4 is 10.6 Å². The number of likely N-dealkylation sites (tertiary alicyclic amines) is 1. The van der Waals surface area contributed by atoms with Gasteiger partial charge >= 0.3 is 0 Å². The zero-order valence-electron chi connectivity index (χ0n) is 14.3. The second kappa shape index (κ2) is 11.7. The molecule has 0 radical (unpaired) electrons. The normalized spacial score (nSPS) is 15.6. The van der Waals surface area contributed by atoms with Crippen LogP contribution in [0.4, 0.5) is 5.82 Å². The summed E-state index contributed by atoms with van der Waals surface area (Å²) < 4.78 is 0.873. The van der Waals surface area contributed by atoms with E-state index in [1.807, 2.05) is 24.9 Å². The van der Waals surface area contributed by atoms with E-state index >= 15 is 0 Å². The molecule has 1 aliphatic heterocycles. The molecule has 0 bridgehead atoms. The van der Waals surface area contributed by atoms with E-state index in [1.54, 1.807) is 12.3 Å². The number of aromatic nitrogens is 1. The predicted molar refractivity (Wildman–Crippen MR) is 107 cm³/mol. The van der Waals surface area contributed by atoms with E-state index < -0.39 is 0 Å². The Morgan fingerprint density at radius 2 is 1.96 bits per heavy atom. The van der Waals surface area contributed by atoms with Gasteiger partial charge in [-0.25, -0.2) is 4.98 Å². The Kier molecular flexibility index (Phi) is 11.3. The molecule has 0 aliphatic carbocycles. The van der Waals surface area contributed by atoms with Crippen LogP contribution in [0.5, 0.6) is 0 Å². The smallest absolute Gasteiger partial charge is 0.228 e. The maximum Gasteiger partial charge on any atom is 0.228 e. The minimum Gasteiger partial charge on any atom is -0.342 e. The molecule has 9 heteroatoms. The third kappa shape index (κ3) is 7.09. The average Bonchev–Trinajstić information content (AvgIpc) is 2.56. The van der Waals surface area contributed by atoms with Crippen LogP contribution in [0, 0.1) is 11.8 Å². The molecule has 1 atom stereocenters. The van der Waals surface area contributed by atoms with E-state index in [0.29, 0.717) is 38.3 Å². The fourth-order valence-electron chi connectivity index (χ4n) is 2.75. The van der Waals surface area contributed by atoms with Gasteiger partial charge in [-0.15, -0.1) is 24.8 Å². The Balaban J connectivity index is 0.00000288. The van der Waals surface area contributed by atoms with Gasteiger partial charge in [0.2, 0.25) is 11.8 Å². The second-order valence-electron chi connectivity index (χ2n) is 5.91. The van der Waals surface area contributed by atoms with Crippen molar-refractivity contribution in [3.8, 4) is 0 Å². The van der Waals surface area contributed by atoms with Crippen LogP contribution in [0.1, 0.15) is 19.8 Å². The molecule has 2 rings (SSSR count). The van der Waals surface area contributed by atoms with Crippen LogP contribution in [0.15, 0.2) is 22.8 Å². The number of carbonyl (C=O) groups is 2. The first-order valence-corrected chi connectivity index (χ1v) is 8.66. The molecule has 1 aromatic rings. The first kappa shape index (κ1) is 24.1. The van der Waals surface area contributed by atoms with Gasteiger partial charge in [-0.05, 0) is 48.0 Å². The van der Waals surface area contributed by atoms with Crippen molar-refractivity contribution in [1.29, 1.82) is 0 Å². The summed E-state index contributed by atoms with van der Waals surface area (Å²) in [6.07, 6.45) is 3.04. The van der Waals surface area contributed by atoms with Crippen LogP contribution in [0.25, 0.3) is 0 Å². The van der Waals surface area contributed by atoms with E-state index in [-0.39, 0.29) is 48.5 Å². The third-order valence-corrected chi connectivity index (χ3v) is 4.56. The monoisotopic (exact) mass is 454 g/mol. The van der Waals surface area contributed by atoms with E-state index in [9.17, 15) is 9.59 Å². The summed E-state index contributed by atoms with van der Waals surface area (Å²) in [7, 11) is 1.84. The molecule has 1 aliphatic rings. The summed E-state index contributed by atoms with van der Waals surface area (Å²) in [6, 6.07) is 3.60. The average molecular weight is 456 g/mol. The van der Waals surface area contributed by atoms with Gasteiger partial charge in [0.15, 0.2) is 0 Å². The van der Waals surface area contributed by atoms with Crippen molar-refractivity contribution in [3.63, 3.8) is 0 Å². The molecular formula is C16H25BrCl2N4O2. The summed E-state index contributed by atoms with van der Waals surface area (Å²) in [5.41, 5.74) is 0. The largest absolute Gasteiger partial charge is 0.342 e. The second-order valence-corrected chi connectivity index (χ2v) is 6.82. The lowest BCUT2D eigenvalue weighted by Gasteiger charge is -2.33. The molecule has 142 valence electrons. The van der Waals surface area contributed by atoms with Gasteiger partial charge in [0, 0.05) is 42.1 Å². The summed E-state index contributed by atoms with van der Waals surface area (Å²) in [5, 5.41) is 5.87. The molecule has 2 heterocycles. The lowest BCUT2D eigenvalue weighted by Crippen LogP contribution is -2.45. The maximum atomic E-state index is 12.3. The summed E-state index contributed by atoms with van der Waals surface area (Å²) in [5.74, 6) is 0.601. The standard InChI is InChI=1S/C16H23BrN4O2.2ClH/c1-11(9-18-2)16(23)21-7-5-12(6-8-21)15(22)20-14-4-3-13(17)10-19-14;;/h3-4,10-12,18H,5-9H2,1-2H3,(H,19,20,22);2*1H. The van der Waals surface area contributed by atoms with E-state index in [2.05, 4.69) is 31.5 Å². The van der Waals surface area contributed by atoms with Crippen molar-refractivity contribution in [3.05, 3.63) is 22.8 Å². The highest BCUT2D eigenvalue weighted by atomic mass is 79.9. The van der Waals surface area contributed by atoms with Crippen LogP contribution >= 0.6 is 40.7 Å². The minimum atomic E-state index is -0.0656. The van der Waals surface area contributed by atoms with Gasteiger partial charge in [0.25, 0.3) is 0 Å². The zero-order valence-corrected chi connectivity index (χ0v) is 17.5. The molecule has 6 nitrogen and oxygen atoms in total. The number of pyridine rings is 1. The van der Waals surface area contributed by atoms with Crippen molar-refractivity contribution < 1.29 is 9.59 Å². The highest BCUT2D eigenvalue weighted by Crippen LogP contribution is 2.20. The highest BCUT2D eigenvalue weighted by molar-refractivity contribution is 9.10. The van der Waals surface area contributed by atoms with Crippen LogP contribution in [-0.4, -0.2) is 48.4 Å². The van der Waals surface area contributed by atoms with Gasteiger partial charge in [-0.2, -0.15) is 0 Å². The summed E-state index contributed by atoms with van der Waals surface area (Å²) in [4.78, 5) is 30.6. The fraction of sp³-hybridized carbons (Fsp3) is 0.562. The van der Waals surface area contributed by atoms with Crippen molar-refractivity contribution in [2.24, 2.45) is 11.8 Å². The van der Waals surface area contributed by atoms with E-state index in [4.69, 9.17) is 0 Å². The molecule has 1 aromatic heterocycles. The molecule has 1 saturated heterocycles. The van der Waals surface area contributed by atoms with Crippen LogP contribution in [0.3, 0.4) is 0 Å². The Morgan fingerprint density at radius 3 is 2.48 bits per heavy atom. The van der Waals surface area contributed by atoms with Crippen LogP contribution in [0.2, 0.25) is 0 Å². The number of rotatable bonds is 5. The zero-order chi connectivity index (χ0) is 16.8. The quantitative estimate of drug-likeness (QED) is 0.715. The maximum absolute atomic E-state index is 12.3. The van der Waals surface area contributed by atoms with E-state index in [1.165, 1.54) is 0 Å². The minimum absolute atomic E-state index is 0. The highest BCUT2D eigenvalue weighted by Gasteiger charge is 2.29. The number of halogens is 3. The molecule has 2 amide bonds. The van der Waals surface area contributed by atoms with Crippen molar-refractivity contribution in [2.75, 3.05) is 32.0 Å². The van der Waals surface area contributed by atoms with Crippen molar-refractivity contribution in [1.82, 2.24) is 15.2 Å². The molecule has 1 unspecified atom stereocenters. The van der Waals surface area contributed by atoms with Gasteiger partial charge in [-0.3, -0.25) is 9.59 Å². The Bertz CT molecular complexity index is 552. The fourth-order valence-corrected chi connectivity index (χ4v) is 2.98. The molecule has 25 heavy (non-hydrogen) atoms. The first-order chi connectivity index (χ1) is 11.0. The molecule has 0 aromatic carbocycles. The van der Waals surface area contributed by atoms with Gasteiger partial charge in [-0.1, -0.05) is 6.92 Å². The Hall–Kier alpha value is -0.890. The van der Waals surface area contributed by atoms with Crippen molar-refractivity contribution >= 4 is 58.4 Å². The number of carbonyl (C=O) groups excluding carboxylic acids is 2. The molecular weight excluding hydrogens is 431 g/mol. The van der Waals surface area contributed by atoms with Gasteiger partial charge in [0.1, 0.15) is 5.82 Å². The first-order valence-electron chi connectivity index (χ1n) is 7.87. The number of hydrogen-bond donors (Lipinski definition) is 2. The van der Waals surface area contributed by atoms with Gasteiger partial charge < -0.3 is 15.5 Å². The topological polar surface area (TPSA) is 74.3 Å². The number of nitrogens with zero attached hydrogens (tertiary/aromatic N) is 2. The predicted octanol–water partition coefficient (Wildman–Crippen LogP) is 2.72. The third-order valence-electron chi connectivity index (χ3n) is 4.09. The SMILES string of the molecule is CNCC(C)C(=O)N1CCC(C(=O)Nc2ccc(Br)cn2)CC1.Cl.Cl. The van der Waals surface area contributed by atoms with Crippen molar-refractivity contribution in [2.45, 2.75) is 19.8 Å². The number of amides is 2. The number of hydrogen-bond acceptors (Lipinski definition) is 4. The molecule has 0 spiro atoms. The number of anilines is 1. The molecule has 2 N–H and O–H groups in total.